The normalized spacial score (nSPS) is 12.1. The average Bonchev–Trinajstić information content (AvgIpc) is 3.87. The van der Waals surface area contributed by atoms with E-state index in [1.165, 1.54) is 82.4 Å². The van der Waals surface area contributed by atoms with Crippen LogP contribution in [0.4, 0.5) is 0 Å². The van der Waals surface area contributed by atoms with E-state index in [1.807, 2.05) is 12.4 Å². The van der Waals surface area contributed by atoms with Gasteiger partial charge in [-0.25, -0.2) is 0 Å². The van der Waals surface area contributed by atoms with E-state index in [-0.39, 0.29) is 0 Å². The van der Waals surface area contributed by atoms with E-state index in [4.69, 9.17) is 9.97 Å². The van der Waals surface area contributed by atoms with Crippen molar-refractivity contribution in [2.75, 3.05) is 0 Å². The van der Waals surface area contributed by atoms with Crippen LogP contribution in [-0.4, -0.2) is 19.1 Å². The van der Waals surface area contributed by atoms with Crippen LogP contribution in [0.25, 0.3) is 111 Å². The molecule has 12 rings (SSSR count). The molecule has 0 saturated heterocycles. The number of nitrogens with zero attached hydrogens (tertiary/aromatic N) is 4. The first-order valence-corrected chi connectivity index (χ1v) is 18.4. The Morgan fingerprint density at radius 2 is 0.889 bits per heavy atom. The zero-order valence-electron chi connectivity index (χ0n) is 29.1. The quantitative estimate of drug-likeness (QED) is 0.185. The van der Waals surface area contributed by atoms with Crippen LogP contribution in [0.5, 0.6) is 0 Å². The molecular weight excluding hydrogens is 657 g/mol. The molecule has 0 amide bonds. The first-order valence-electron chi connectivity index (χ1n) is 18.4. The fraction of sp³-hybridized carbons (Fsp3) is 0. The lowest BCUT2D eigenvalue weighted by Gasteiger charge is -2.11. The molecular formula is C50H30N4. The van der Waals surface area contributed by atoms with E-state index in [0.29, 0.717) is 0 Å². The van der Waals surface area contributed by atoms with Gasteiger partial charge in [0.1, 0.15) is 0 Å². The predicted molar refractivity (Wildman–Crippen MR) is 224 cm³/mol. The topological polar surface area (TPSA) is 35.6 Å². The molecule has 7 aromatic carbocycles. The van der Waals surface area contributed by atoms with E-state index >= 15 is 0 Å². The van der Waals surface area contributed by atoms with E-state index in [9.17, 15) is 0 Å². The van der Waals surface area contributed by atoms with Crippen molar-refractivity contribution < 1.29 is 0 Å². The van der Waals surface area contributed by atoms with Crippen LogP contribution < -0.4 is 0 Å². The molecule has 0 bridgehead atoms. The van der Waals surface area contributed by atoms with Gasteiger partial charge >= 0.3 is 0 Å². The fourth-order valence-corrected chi connectivity index (χ4v) is 9.03. The molecule has 4 nitrogen and oxygen atoms in total. The largest absolute Gasteiger partial charge is 0.309 e. The maximum absolute atomic E-state index is 5.06. The summed E-state index contributed by atoms with van der Waals surface area (Å²) in [6, 6.07) is 61.5. The zero-order valence-corrected chi connectivity index (χ0v) is 29.1. The van der Waals surface area contributed by atoms with Crippen molar-refractivity contribution in [2.24, 2.45) is 0 Å². The van der Waals surface area contributed by atoms with Gasteiger partial charge in [0.25, 0.3) is 0 Å². The first kappa shape index (κ1) is 29.3. The molecule has 0 radical (unpaired) electrons. The number of rotatable bonds is 4. The number of hydrogen-bond acceptors (Lipinski definition) is 2. The third-order valence-electron chi connectivity index (χ3n) is 11.4. The van der Waals surface area contributed by atoms with E-state index in [2.05, 4.69) is 179 Å². The first-order chi connectivity index (χ1) is 26.8. The third kappa shape index (κ3) is 4.08. The Balaban J connectivity index is 1.08. The van der Waals surface area contributed by atoms with Crippen LogP contribution in [0, 0.1) is 0 Å². The van der Waals surface area contributed by atoms with Crippen molar-refractivity contribution in [1.29, 1.82) is 0 Å². The van der Waals surface area contributed by atoms with E-state index in [1.54, 1.807) is 0 Å². The summed E-state index contributed by atoms with van der Waals surface area (Å²) in [5.74, 6) is 0. The molecule has 0 N–H and O–H groups in total. The minimum atomic E-state index is 0.995. The number of para-hydroxylation sites is 3. The van der Waals surface area contributed by atoms with E-state index < -0.39 is 0 Å². The van der Waals surface area contributed by atoms with Crippen molar-refractivity contribution in [3.63, 3.8) is 0 Å². The monoisotopic (exact) mass is 686 g/mol. The number of aromatic nitrogens is 4. The number of pyridine rings is 2. The lowest BCUT2D eigenvalue weighted by molar-refractivity contribution is 1.18. The molecule has 0 saturated carbocycles. The van der Waals surface area contributed by atoms with Crippen molar-refractivity contribution in [3.8, 4) is 56.0 Å². The molecule has 0 fully saturated rings. The minimum Gasteiger partial charge on any atom is -0.309 e. The summed E-state index contributed by atoms with van der Waals surface area (Å²) < 4.78 is 4.76. The SMILES string of the molecule is c1ccc(-n2c3ccccc3c3cc(-c4ccc5c(c4)c4cc(-c6nccc7c6-c6ccnc8cccc-7c68)ccc4n5-c4ccccc4)ccc32)cc1. The predicted octanol–water partition coefficient (Wildman–Crippen LogP) is 12.8. The summed E-state index contributed by atoms with van der Waals surface area (Å²) in [5, 5.41) is 6.11. The zero-order chi connectivity index (χ0) is 35.3. The second-order valence-corrected chi connectivity index (χ2v) is 14.2. The Bertz CT molecular complexity index is 3310. The van der Waals surface area contributed by atoms with E-state index in [0.717, 1.165) is 28.1 Å². The molecule has 0 spiro atoms. The molecule has 0 atom stereocenters. The summed E-state index contributed by atoms with van der Waals surface area (Å²) in [7, 11) is 0. The Hall–Kier alpha value is -7.30. The highest BCUT2D eigenvalue weighted by Crippen LogP contribution is 2.50. The van der Waals surface area contributed by atoms with Crippen LogP contribution >= 0.6 is 0 Å². The van der Waals surface area contributed by atoms with Gasteiger partial charge in [-0.1, -0.05) is 84.9 Å². The molecule has 250 valence electrons. The van der Waals surface area contributed by atoms with Crippen LogP contribution in [0.15, 0.2) is 182 Å². The van der Waals surface area contributed by atoms with Gasteiger partial charge in [-0.3, -0.25) is 9.97 Å². The van der Waals surface area contributed by atoms with Crippen molar-refractivity contribution >= 4 is 54.5 Å². The van der Waals surface area contributed by atoms with Crippen molar-refractivity contribution in [2.45, 2.75) is 0 Å². The van der Waals surface area contributed by atoms with Gasteiger partial charge in [0.15, 0.2) is 0 Å². The maximum atomic E-state index is 5.06. The highest BCUT2D eigenvalue weighted by molar-refractivity contribution is 6.18. The average molecular weight is 687 g/mol. The Labute approximate surface area is 310 Å². The van der Waals surface area contributed by atoms with Crippen molar-refractivity contribution in [3.05, 3.63) is 182 Å². The molecule has 1 aliphatic carbocycles. The van der Waals surface area contributed by atoms with Crippen LogP contribution in [0.3, 0.4) is 0 Å². The van der Waals surface area contributed by atoms with Gasteiger partial charge in [-0.15, -0.1) is 0 Å². The lowest BCUT2D eigenvalue weighted by Crippen LogP contribution is -1.93. The van der Waals surface area contributed by atoms with Crippen LogP contribution in [-0.2, 0) is 0 Å². The standard InChI is InChI=1S/C50H30N4/c1-3-10-34(11-4-1)53-44-17-8-7-14-36(44)40-28-31(18-21-45(40)53)32-19-22-46-41(29-32)42-30-33(20-23-47(42)54(46)35-12-5-2-6-13-35)50-49-38(24-27-52-50)37-15-9-16-43-48(37)39(49)25-26-51-43/h1-30H. The molecule has 11 aromatic rings. The summed E-state index contributed by atoms with van der Waals surface area (Å²) in [6.45, 7) is 0. The maximum Gasteiger partial charge on any atom is 0.0787 e. The summed E-state index contributed by atoms with van der Waals surface area (Å²) in [4.78, 5) is 9.75. The van der Waals surface area contributed by atoms with Crippen molar-refractivity contribution in [1.82, 2.24) is 19.1 Å². The van der Waals surface area contributed by atoms with Gasteiger partial charge in [0.05, 0.1) is 33.3 Å². The fourth-order valence-electron chi connectivity index (χ4n) is 9.03. The molecule has 4 heteroatoms. The summed E-state index contributed by atoms with van der Waals surface area (Å²) in [5.41, 5.74) is 17.4. The summed E-state index contributed by atoms with van der Waals surface area (Å²) >= 11 is 0. The second-order valence-electron chi connectivity index (χ2n) is 14.2. The molecule has 54 heavy (non-hydrogen) atoms. The molecule has 4 aromatic heterocycles. The lowest BCUT2D eigenvalue weighted by atomic mass is 9.97. The van der Waals surface area contributed by atoms with Crippen LogP contribution in [0.1, 0.15) is 0 Å². The summed E-state index contributed by atoms with van der Waals surface area (Å²) in [6.07, 6.45) is 3.87. The highest BCUT2D eigenvalue weighted by Gasteiger charge is 2.26. The van der Waals surface area contributed by atoms with Gasteiger partial charge in [0.2, 0.25) is 0 Å². The van der Waals surface area contributed by atoms with Crippen LogP contribution in [0.2, 0.25) is 0 Å². The molecule has 0 unspecified atom stereocenters. The van der Waals surface area contributed by atoms with Gasteiger partial charge in [-0.2, -0.15) is 0 Å². The number of hydrogen-bond donors (Lipinski definition) is 0. The molecule has 4 heterocycles. The minimum absolute atomic E-state index is 0.995. The second kappa shape index (κ2) is 11.1. The van der Waals surface area contributed by atoms with Gasteiger partial charge in [0, 0.05) is 61.8 Å². The number of fused-ring (bicyclic) bond motifs is 9. The molecule has 1 aliphatic rings. The third-order valence-corrected chi connectivity index (χ3v) is 11.4. The Kier molecular flexibility index (Phi) is 6.02. The molecule has 0 aliphatic heterocycles. The van der Waals surface area contributed by atoms with Gasteiger partial charge < -0.3 is 9.13 Å². The van der Waals surface area contributed by atoms with Gasteiger partial charge in [-0.05, 0) is 113 Å². The Morgan fingerprint density at radius 1 is 0.352 bits per heavy atom. The Morgan fingerprint density at radius 3 is 1.57 bits per heavy atom. The smallest absolute Gasteiger partial charge is 0.0787 e. The highest BCUT2D eigenvalue weighted by atomic mass is 15.0. The number of benzene rings is 7.